The van der Waals surface area contributed by atoms with E-state index in [0.29, 0.717) is 11.4 Å². The first-order chi connectivity index (χ1) is 9.13. The van der Waals surface area contributed by atoms with E-state index in [9.17, 15) is 4.79 Å². The smallest absolute Gasteiger partial charge is 0.257 e. The fourth-order valence-corrected chi connectivity index (χ4v) is 2.27. The van der Waals surface area contributed by atoms with Crippen molar-refractivity contribution in [1.29, 1.82) is 0 Å². The Morgan fingerprint density at radius 2 is 1.95 bits per heavy atom. The normalized spacial score (nSPS) is 10.3. The van der Waals surface area contributed by atoms with Crippen molar-refractivity contribution < 1.29 is 4.79 Å². The van der Waals surface area contributed by atoms with E-state index in [4.69, 9.17) is 0 Å². The monoisotopic (exact) mass is 327 g/mol. The van der Waals surface area contributed by atoms with E-state index in [1.54, 1.807) is 6.20 Å². The highest BCUT2D eigenvalue weighted by Crippen LogP contribution is 2.20. The largest absolute Gasteiger partial charge is 0.370 e. The highest BCUT2D eigenvalue weighted by atomic mass is 79.9. The Kier molecular flexibility index (Phi) is 6.84. The van der Waals surface area contributed by atoms with Crippen molar-refractivity contribution in [2.24, 2.45) is 0 Å². The number of carbonyl (C=O) groups excluding carboxylic acids is 1. The van der Waals surface area contributed by atoms with Crippen LogP contribution in [0.2, 0.25) is 0 Å². The lowest BCUT2D eigenvalue weighted by atomic mass is 10.2. The molecule has 0 saturated heterocycles. The van der Waals surface area contributed by atoms with Crippen LogP contribution in [-0.2, 0) is 0 Å². The third-order valence-electron chi connectivity index (χ3n) is 2.70. The number of carbonyl (C=O) groups is 1. The average molecular weight is 328 g/mol. The number of aromatic nitrogens is 1. The minimum Gasteiger partial charge on any atom is -0.370 e. The second kappa shape index (κ2) is 8.15. The lowest BCUT2D eigenvalue weighted by molar-refractivity contribution is 0.0756. The van der Waals surface area contributed by atoms with E-state index in [0.717, 1.165) is 36.9 Å². The highest BCUT2D eigenvalue weighted by molar-refractivity contribution is 9.10. The van der Waals surface area contributed by atoms with Crippen LogP contribution < -0.4 is 5.32 Å². The molecule has 0 spiro atoms. The van der Waals surface area contributed by atoms with Gasteiger partial charge in [-0.05, 0) is 41.8 Å². The molecule has 0 bridgehead atoms. The third kappa shape index (κ3) is 4.49. The number of anilines is 1. The summed E-state index contributed by atoms with van der Waals surface area (Å²) in [4.78, 5) is 18.8. The van der Waals surface area contributed by atoms with Crippen molar-refractivity contribution in [1.82, 2.24) is 9.88 Å². The van der Waals surface area contributed by atoms with Gasteiger partial charge in [0.05, 0.1) is 5.56 Å². The van der Waals surface area contributed by atoms with Crippen molar-refractivity contribution in [2.45, 2.75) is 33.6 Å². The number of nitrogens with one attached hydrogen (secondary N) is 1. The zero-order chi connectivity index (χ0) is 14.3. The molecule has 0 aliphatic rings. The van der Waals surface area contributed by atoms with Crippen LogP contribution in [0.3, 0.4) is 0 Å². The van der Waals surface area contributed by atoms with Crippen molar-refractivity contribution in [2.75, 3.05) is 25.0 Å². The molecule has 0 aliphatic carbocycles. The van der Waals surface area contributed by atoms with Gasteiger partial charge >= 0.3 is 0 Å². The van der Waals surface area contributed by atoms with Crippen molar-refractivity contribution in [3.05, 3.63) is 22.3 Å². The Morgan fingerprint density at radius 1 is 1.32 bits per heavy atom. The minimum absolute atomic E-state index is 0.0495. The molecule has 0 aromatic carbocycles. The molecule has 0 radical (unpaired) electrons. The SMILES string of the molecule is CCCN(CCC)C(=O)c1cc(Br)cnc1NCC. The molecule has 5 heteroatoms. The van der Waals surface area contributed by atoms with E-state index in [1.165, 1.54) is 0 Å². The van der Waals surface area contributed by atoms with Gasteiger partial charge in [-0.2, -0.15) is 0 Å². The number of hydrogen-bond acceptors (Lipinski definition) is 3. The molecule has 0 unspecified atom stereocenters. The highest BCUT2D eigenvalue weighted by Gasteiger charge is 2.18. The van der Waals surface area contributed by atoms with Crippen LogP contribution in [0.4, 0.5) is 5.82 Å². The van der Waals surface area contributed by atoms with E-state index in [2.05, 4.69) is 40.1 Å². The van der Waals surface area contributed by atoms with Gasteiger partial charge < -0.3 is 10.2 Å². The summed E-state index contributed by atoms with van der Waals surface area (Å²) >= 11 is 3.38. The molecule has 1 aromatic heterocycles. The number of halogens is 1. The number of pyridine rings is 1. The molecule has 1 rings (SSSR count). The molecular weight excluding hydrogens is 306 g/mol. The van der Waals surface area contributed by atoms with Gasteiger partial charge in [-0.25, -0.2) is 4.98 Å². The maximum atomic E-state index is 12.6. The second-order valence-electron chi connectivity index (χ2n) is 4.37. The van der Waals surface area contributed by atoms with E-state index >= 15 is 0 Å². The Labute approximate surface area is 123 Å². The number of nitrogens with zero attached hydrogens (tertiary/aromatic N) is 2. The lowest BCUT2D eigenvalue weighted by Crippen LogP contribution is -2.33. The van der Waals surface area contributed by atoms with Crippen molar-refractivity contribution in [3.8, 4) is 0 Å². The Hall–Kier alpha value is -1.10. The third-order valence-corrected chi connectivity index (χ3v) is 3.14. The molecule has 1 N–H and O–H groups in total. The Bertz CT molecular complexity index is 417. The molecule has 0 saturated carbocycles. The predicted octanol–water partition coefficient (Wildman–Crippen LogP) is 3.54. The minimum atomic E-state index is 0.0495. The topological polar surface area (TPSA) is 45.2 Å². The van der Waals surface area contributed by atoms with Crippen LogP contribution in [0.15, 0.2) is 16.7 Å². The summed E-state index contributed by atoms with van der Waals surface area (Å²) in [5, 5.41) is 3.14. The van der Waals surface area contributed by atoms with E-state index in [1.807, 2.05) is 17.9 Å². The van der Waals surface area contributed by atoms with Gasteiger partial charge in [-0.15, -0.1) is 0 Å². The molecule has 19 heavy (non-hydrogen) atoms. The fraction of sp³-hybridized carbons (Fsp3) is 0.571. The van der Waals surface area contributed by atoms with E-state index < -0.39 is 0 Å². The average Bonchev–Trinajstić information content (AvgIpc) is 2.40. The van der Waals surface area contributed by atoms with Crippen LogP contribution in [-0.4, -0.2) is 35.4 Å². The molecule has 0 atom stereocenters. The molecule has 1 heterocycles. The van der Waals surface area contributed by atoms with Gasteiger partial charge in [0, 0.05) is 30.3 Å². The Balaban J connectivity index is 3.03. The van der Waals surface area contributed by atoms with E-state index in [-0.39, 0.29) is 5.91 Å². The first kappa shape index (κ1) is 16.0. The zero-order valence-electron chi connectivity index (χ0n) is 11.9. The van der Waals surface area contributed by atoms with Crippen LogP contribution in [0.5, 0.6) is 0 Å². The first-order valence-electron chi connectivity index (χ1n) is 6.82. The van der Waals surface area contributed by atoms with Crippen molar-refractivity contribution >= 4 is 27.7 Å². The second-order valence-corrected chi connectivity index (χ2v) is 5.29. The van der Waals surface area contributed by atoms with Crippen LogP contribution in [0, 0.1) is 0 Å². The first-order valence-corrected chi connectivity index (χ1v) is 7.61. The lowest BCUT2D eigenvalue weighted by Gasteiger charge is -2.22. The summed E-state index contributed by atoms with van der Waals surface area (Å²) in [6.07, 6.45) is 3.63. The van der Waals surface area contributed by atoms with Gasteiger partial charge in [0.1, 0.15) is 5.82 Å². The summed E-state index contributed by atoms with van der Waals surface area (Å²) < 4.78 is 0.824. The predicted molar refractivity (Wildman–Crippen MR) is 82.6 cm³/mol. The summed E-state index contributed by atoms with van der Waals surface area (Å²) in [6, 6.07) is 1.84. The maximum absolute atomic E-state index is 12.6. The number of hydrogen-bond donors (Lipinski definition) is 1. The summed E-state index contributed by atoms with van der Waals surface area (Å²) in [5.74, 6) is 0.710. The molecule has 0 fully saturated rings. The van der Waals surface area contributed by atoms with Gasteiger partial charge in [0.2, 0.25) is 0 Å². The molecule has 0 aliphatic heterocycles. The molecule has 4 nitrogen and oxygen atoms in total. The van der Waals surface area contributed by atoms with Crippen LogP contribution in [0.1, 0.15) is 44.0 Å². The Morgan fingerprint density at radius 3 is 2.47 bits per heavy atom. The standard InChI is InChI=1S/C14H22BrN3O/c1-4-7-18(8-5-2)14(19)12-9-11(15)10-17-13(12)16-6-3/h9-10H,4-8H2,1-3H3,(H,16,17). The maximum Gasteiger partial charge on any atom is 0.257 e. The molecule has 1 amide bonds. The molecule has 1 aromatic rings. The van der Waals surface area contributed by atoms with Gasteiger partial charge in [0.25, 0.3) is 5.91 Å². The van der Waals surface area contributed by atoms with Gasteiger partial charge in [0.15, 0.2) is 0 Å². The molecule has 106 valence electrons. The van der Waals surface area contributed by atoms with Gasteiger partial charge in [-0.1, -0.05) is 13.8 Å². The van der Waals surface area contributed by atoms with Crippen LogP contribution in [0.25, 0.3) is 0 Å². The van der Waals surface area contributed by atoms with Crippen LogP contribution >= 0.6 is 15.9 Å². The molecular formula is C14H22BrN3O. The summed E-state index contributed by atoms with van der Waals surface area (Å²) in [5.41, 5.74) is 0.637. The summed E-state index contributed by atoms with van der Waals surface area (Å²) in [7, 11) is 0. The van der Waals surface area contributed by atoms with Gasteiger partial charge in [-0.3, -0.25) is 4.79 Å². The van der Waals surface area contributed by atoms with Crippen molar-refractivity contribution in [3.63, 3.8) is 0 Å². The summed E-state index contributed by atoms with van der Waals surface area (Å²) in [6.45, 7) is 8.47. The number of rotatable bonds is 7. The quantitative estimate of drug-likeness (QED) is 0.833. The number of amides is 1. The zero-order valence-corrected chi connectivity index (χ0v) is 13.5. The fourth-order valence-electron chi connectivity index (χ4n) is 1.94.